The summed E-state index contributed by atoms with van der Waals surface area (Å²) >= 11 is 3.80. The molecule has 4 rings (SSSR count). The summed E-state index contributed by atoms with van der Waals surface area (Å²) in [6.07, 6.45) is 0. The zero-order chi connectivity index (χ0) is 19.7. The Hall–Kier alpha value is -2.60. The zero-order valence-corrected chi connectivity index (χ0v) is 18.0. The van der Waals surface area contributed by atoms with Gasteiger partial charge in [-0.3, -0.25) is 0 Å². The minimum atomic E-state index is -0.000752. The van der Waals surface area contributed by atoms with Crippen molar-refractivity contribution in [2.75, 3.05) is 0 Å². The third-order valence-corrected chi connectivity index (χ3v) is 6.37. The molecule has 0 atom stereocenters. The highest BCUT2D eigenvalue weighted by Gasteiger charge is 2.28. The van der Waals surface area contributed by atoms with Gasteiger partial charge >= 0.3 is 0 Å². The molecule has 3 aromatic carbocycles. The van der Waals surface area contributed by atoms with E-state index in [1.807, 2.05) is 0 Å². The van der Waals surface area contributed by atoms with Crippen LogP contribution in [0.25, 0.3) is 16.7 Å². The van der Waals surface area contributed by atoms with Gasteiger partial charge in [0, 0.05) is 21.0 Å². The van der Waals surface area contributed by atoms with E-state index in [0.29, 0.717) is 0 Å². The molecule has 0 aromatic heterocycles. The Kier molecular flexibility index (Phi) is 4.98. The summed E-state index contributed by atoms with van der Waals surface area (Å²) < 4.78 is 1.08. The molecular formula is C27H23Br. The number of allylic oxidation sites excluding steroid dienone is 2. The third kappa shape index (κ3) is 3.44. The van der Waals surface area contributed by atoms with Crippen LogP contribution in [0.15, 0.2) is 95.1 Å². The van der Waals surface area contributed by atoms with Crippen LogP contribution in [-0.4, -0.2) is 0 Å². The maximum Gasteiger partial charge on any atom is 0.0428 e. The smallest absolute Gasteiger partial charge is 0.0428 e. The molecule has 0 fully saturated rings. The van der Waals surface area contributed by atoms with Crippen molar-refractivity contribution in [2.45, 2.75) is 20.8 Å². The Morgan fingerprint density at radius 3 is 1.64 bits per heavy atom. The lowest BCUT2D eigenvalue weighted by molar-refractivity contribution is 0.537. The van der Waals surface area contributed by atoms with Gasteiger partial charge in [0.15, 0.2) is 0 Å². The van der Waals surface area contributed by atoms with E-state index >= 15 is 0 Å². The van der Waals surface area contributed by atoms with Crippen molar-refractivity contribution in [2.24, 2.45) is 5.41 Å². The Bertz CT molecular complexity index is 1100. The predicted molar refractivity (Wildman–Crippen MR) is 124 cm³/mol. The Morgan fingerprint density at radius 2 is 1.11 bits per heavy atom. The number of hydrogen-bond donors (Lipinski definition) is 0. The molecule has 0 spiro atoms. The van der Waals surface area contributed by atoms with Gasteiger partial charge in [0.05, 0.1) is 0 Å². The lowest BCUT2D eigenvalue weighted by Gasteiger charge is -2.16. The van der Waals surface area contributed by atoms with Crippen LogP contribution in [-0.2, 0) is 0 Å². The van der Waals surface area contributed by atoms with Gasteiger partial charge < -0.3 is 0 Å². The maximum atomic E-state index is 3.80. The molecule has 0 radical (unpaired) electrons. The molecule has 138 valence electrons. The van der Waals surface area contributed by atoms with Crippen LogP contribution >= 0.6 is 15.9 Å². The topological polar surface area (TPSA) is 0 Å². The van der Waals surface area contributed by atoms with Crippen molar-refractivity contribution in [1.29, 1.82) is 0 Å². The van der Waals surface area contributed by atoms with Crippen molar-refractivity contribution < 1.29 is 0 Å². The van der Waals surface area contributed by atoms with Crippen LogP contribution < -0.4 is 0 Å². The molecule has 0 saturated heterocycles. The third-order valence-electron chi connectivity index (χ3n) is 4.98. The molecule has 0 aliphatic heterocycles. The van der Waals surface area contributed by atoms with Gasteiger partial charge in [0.2, 0.25) is 0 Å². The van der Waals surface area contributed by atoms with Gasteiger partial charge in [0.1, 0.15) is 0 Å². The van der Waals surface area contributed by atoms with Crippen molar-refractivity contribution in [3.63, 3.8) is 0 Å². The molecule has 1 aliphatic rings. The zero-order valence-electron chi connectivity index (χ0n) is 16.5. The summed E-state index contributed by atoms with van der Waals surface area (Å²) in [5.41, 5.74) is 12.3. The summed E-state index contributed by atoms with van der Waals surface area (Å²) in [4.78, 5) is 0. The summed E-state index contributed by atoms with van der Waals surface area (Å²) in [5.74, 6) is 0. The monoisotopic (exact) mass is 426 g/mol. The van der Waals surface area contributed by atoms with E-state index in [1.165, 1.54) is 33.4 Å². The van der Waals surface area contributed by atoms with Gasteiger partial charge in [-0.2, -0.15) is 0 Å². The minimum absolute atomic E-state index is 0.000752. The normalized spacial score (nSPS) is 13.4. The van der Waals surface area contributed by atoms with E-state index in [1.54, 1.807) is 0 Å². The Labute approximate surface area is 176 Å². The fraction of sp³-hybridized carbons (Fsp3) is 0.148. The van der Waals surface area contributed by atoms with Gasteiger partial charge in [-0.15, -0.1) is 0 Å². The molecule has 28 heavy (non-hydrogen) atoms. The molecule has 0 bridgehead atoms. The number of halogens is 1. The van der Waals surface area contributed by atoms with Crippen LogP contribution in [0.4, 0.5) is 0 Å². The second kappa shape index (κ2) is 7.43. The molecule has 1 aliphatic carbocycles. The molecule has 0 amide bonds. The molecule has 0 saturated carbocycles. The van der Waals surface area contributed by atoms with Crippen LogP contribution in [0.3, 0.4) is 0 Å². The van der Waals surface area contributed by atoms with Crippen LogP contribution in [0, 0.1) is 5.41 Å². The van der Waals surface area contributed by atoms with Crippen molar-refractivity contribution in [3.05, 3.63) is 117 Å². The van der Waals surface area contributed by atoms with Crippen molar-refractivity contribution in [1.82, 2.24) is 0 Å². The number of benzene rings is 3. The van der Waals surface area contributed by atoms with Crippen LogP contribution in [0.2, 0.25) is 0 Å². The maximum absolute atomic E-state index is 3.80. The highest BCUT2D eigenvalue weighted by molar-refractivity contribution is 9.11. The van der Waals surface area contributed by atoms with Crippen LogP contribution in [0.1, 0.15) is 43.0 Å². The van der Waals surface area contributed by atoms with Crippen LogP contribution in [0.5, 0.6) is 0 Å². The Balaban J connectivity index is 2.14. The number of fused-ring (bicyclic) bond motifs is 1. The summed E-state index contributed by atoms with van der Waals surface area (Å²) in [5, 5.41) is 0. The highest BCUT2D eigenvalue weighted by Crippen LogP contribution is 2.49. The van der Waals surface area contributed by atoms with Gasteiger partial charge in [0.25, 0.3) is 0 Å². The first kappa shape index (κ1) is 18.7. The number of rotatable bonds is 2. The molecular weight excluding hydrogens is 404 g/mol. The lowest BCUT2D eigenvalue weighted by Crippen LogP contribution is -2.03. The molecule has 0 heterocycles. The molecule has 0 N–H and O–H groups in total. The van der Waals surface area contributed by atoms with E-state index in [2.05, 4.69) is 127 Å². The first-order valence-corrected chi connectivity index (χ1v) is 10.4. The van der Waals surface area contributed by atoms with Crippen molar-refractivity contribution >= 4 is 32.6 Å². The quantitative estimate of drug-likeness (QED) is 0.364. The number of hydrogen-bond acceptors (Lipinski definition) is 0. The SMILES string of the molecule is CC(C)(C)C(Br)=C=C1C(c2ccccc2)=C(c2ccccc2)c2ccccc21. The molecule has 0 unspecified atom stereocenters. The summed E-state index contributed by atoms with van der Waals surface area (Å²) in [6.45, 7) is 6.61. The van der Waals surface area contributed by atoms with Crippen molar-refractivity contribution in [3.8, 4) is 0 Å². The highest BCUT2D eigenvalue weighted by atomic mass is 79.9. The fourth-order valence-corrected chi connectivity index (χ4v) is 3.74. The molecule has 1 heteroatoms. The first-order chi connectivity index (χ1) is 13.5. The predicted octanol–water partition coefficient (Wildman–Crippen LogP) is 7.97. The van der Waals surface area contributed by atoms with E-state index in [4.69, 9.17) is 0 Å². The van der Waals surface area contributed by atoms with Gasteiger partial charge in [-0.05, 0) is 43.8 Å². The summed E-state index contributed by atoms with van der Waals surface area (Å²) in [6, 6.07) is 30.0. The average molecular weight is 427 g/mol. The van der Waals surface area contributed by atoms with Gasteiger partial charge in [-0.1, -0.05) is 111 Å². The molecule has 0 nitrogen and oxygen atoms in total. The summed E-state index contributed by atoms with van der Waals surface area (Å²) in [7, 11) is 0. The standard InChI is InChI=1S/C27H23Br/c1-27(2,3)24(28)18-23-21-16-10-11-17-22(21)25(19-12-6-4-7-13-19)26(23)20-14-8-5-9-15-20/h4-17H,1-3H3. The van der Waals surface area contributed by atoms with E-state index in [-0.39, 0.29) is 5.41 Å². The second-order valence-corrected chi connectivity index (χ2v) is 8.88. The molecule has 3 aromatic rings. The average Bonchev–Trinajstić information content (AvgIpc) is 3.03. The largest absolute Gasteiger partial charge is 0.1000 e. The fourth-order valence-electron chi connectivity index (χ4n) is 3.54. The van der Waals surface area contributed by atoms with E-state index in [0.717, 1.165) is 10.1 Å². The second-order valence-electron chi connectivity index (χ2n) is 8.09. The van der Waals surface area contributed by atoms with Gasteiger partial charge in [-0.25, -0.2) is 0 Å². The lowest BCUT2D eigenvalue weighted by atomic mass is 9.92. The van der Waals surface area contributed by atoms with E-state index in [9.17, 15) is 0 Å². The first-order valence-electron chi connectivity index (χ1n) is 9.59. The minimum Gasteiger partial charge on any atom is -0.1000 e. The Morgan fingerprint density at radius 1 is 0.643 bits per heavy atom. The van der Waals surface area contributed by atoms with E-state index < -0.39 is 0 Å².